The van der Waals surface area contributed by atoms with Crippen LogP contribution >= 0.6 is 0 Å². The first-order chi connectivity index (χ1) is 7.27. The van der Waals surface area contributed by atoms with Gasteiger partial charge in [0, 0.05) is 6.42 Å². The van der Waals surface area contributed by atoms with Crippen molar-refractivity contribution >= 4 is 5.91 Å². The third-order valence-electron chi connectivity index (χ3n) is 2.63. The Balaban J connectivity index is 2.89. The van der Waals surface area contributed by atoms with Crippen molar-refractivity contribution in [2.45, 2.75) is 64.2 Å². The van der Waals surface area contributed by atoms with Gasteiger partial charge in [0.15, 0.2) is 0 Å². The number of primary amides is 1. The molecule has 0 rings (SSSR count). The highest BCUT2D eigenvalue weighted by molar-refractivity contribution is 5.73. The van der Waals surface area contributed by atoms with Crippen molar-refractivity contribution in [3.05, 3.63) is 0 Å². The molecular formula is C12H26N2O. The summed E-state index contributed by atoms with van der Waals surface area (Å²) in [6.07, 6.45) is 11.6. The number of amides is 1. The van der Waals surface area contributed by atoms with Crippen molar-refractivity contribution in [3.8, 4) is 0 Å². The number of carbonyl (C=O) groups excluding carboxylic acids is 1. The molecule has 3 heteroatoms. The largest absolute Gasteiger partial charge is 0.370 e. The van der Waals surface area contributed by atoms with Crippen LogP contribution in [0.2, 0.25) is 0 Å². The average molecular weight is 214 g/mol. The number of hydrogen-bond acceptors (Lipinski definition) is 2. The summed E-state index contributed by atoms with van der Waals surface area (Å²) in [5.74, 6) is -0.170. The third kappa shape index (κ3) is 13.4. The van der Waals surface area contributed by atoms with E-state index in [0.29, 0.717) is 6.42 Å². The van der Waals surface area contributed by atoms with Crippen molar-refractivity contribution in [3.63, 3.8) is 0 Å². The van der Waals surface area contributed by atoms with E-state index in [1.807, 2.05) is 0 Å². The summed E-state index contributed by atoms with van der Waals surface area (Å²) in [4.78, 5) is 10.4. The highest BCUT2D eigenvalue weighted by atomic mass is 16.1. The van der Waals surface area contributed by atoms with Crippen LogP contribution in [0.25, 0.3) is 0 Å². The van der Waals surface area contributed by atoms with Gasteiger partial charge in [-0.25, -0.2) is 0 Å². The van der Waals surface area contributed by atoms with Crippen LogP contribution < -0.4 is 11.5 Å². The molecule has 0 radical (unpaired) electrons. The predicted molar refractivity (Wildman–Crippen MR) is 64.4 cm³/mol. The van der Waals surface area contributed by atoms with Crippen molar-refractivity contribution < 1.29 is 4.79 Å². The molecule has 0 aromatic heterocycles. The molecule has 0 fully saturated rings. The number of carbonyl (C=O) groups is 1. The summed E-state index contributed by atoms with van der Waals surface area (Å²) in [6.45, 7) is 0.827. The zero-order chi connectivity index (χ0) is 11.4. The number of nitrogens with two attached hydrogens (primary N) is 2. The number of unbranched alkanes of at least 4 members (excludes halogenated alkanes) is 8. The van der Waals surface area contributed by atoms with Crippen LogP contribution in [-0.4, -0.2) is 12.5 Å². The van der Waals surface area contributed by atoms with E-state index in [0.717, 1.165) is 19.4 Å². The van der Waals surface area contributed by atoms with Gasteiger partial charge in [-0.3, -0.25) is 4.79 Å². The molecule has 0 aromatic rings. The molecule has 0 unspecified atom stereocenters. The molecule has 0 saturated carbocycles. The molecule has 1 amide bonds. The maximum absolute atomic E-state index is 10.4. The highest BCUT2D eigenvalue weighted by Gasteiger charge is 1.95. The Hall–Kier alpha value is -0.570. The number of hydrogen-bond donors (Lipinski definition) is 2. The normalized spacial score (nSPS) is 10.5. The molecule has 0 heterocycles. The van der Waals surface area contributed by atoms with Gasteiger partial charge in [-0.05, 0) is 19.4 Å². The monoisotopic (exact) mass is 214 g/mol. The van der Waals surface area contributed by atoms with E-state index in [1.165, 1.54) is 44.9 Å². The fourth-order valence-electron chi connectivity index (χ4n) is 1.68. The van der Waals surface area contributed by atoms with E-state index in [9.17, 15) is 4.79 Å². The lowest BCUT2D eigenvalue weighted by Crippen LogP contribution is -2.09. The van der Waals surface area contributed by atoms with Crippen LogP contribution in [-0.2, 0) is 4.79 Å². The molecular weight excluding hydrogens is 188 g/mol. The first kappa shape index (κ1) is 14.4. The van der Waals surface area contributed by atoms with Crippen LogP contribution in [0, 0.1) is 0 Å². The molecule has 0 saturated heterocycles. The molecule has 0 aliphatic rings. The van der Waals surface area contributed by atoms with Gasteiger partial charge < -0.3 is 11.5 Å². The Morgan fingerprint density at radius 2 is 1.13 bits per heavy atom. The minimum absolute atomic E-state index is 0.170. The van der Waals surface area contributed by atoms with Gasteiger partial charge >= 0.3 is 0 Å². The van der Waals surface area contributed by atoms with E-state index in [4.69, 9.17) is 11.5 Å². The van der Waals surface area contributed by atoms with Crippen molar-refractivity contribution in [1.82, 2.24) is 0 Å². The summed E-state index contributed by atoms with van der Waals surface area (Å²) >= 11 is 0. The second-order valence-electron chi connectivity index (χ2n) is 4.19. The quantitative estimate of drug-likeness (QED) is 0.518. The topological polar surface area (TPSA) is 69.1 Å². The van der Waals surface area contributed by atoms with E-state index in [-0.39, 0.29) is 5.91 Å². The summed E-state index contributed by atoms with van der Waals surface area (Å²) in [7, 11) is 0. The Bertz CT molecular complexity index is 149. The van der Waals surface area contributed by atoms with E-state index < -0.39 is 0 Å². The van der Waals surface area contributed by atoms with E-state index in [1.54, 1.807) is 0 Å². The van der Waals surface area contributed by atoms with Crippen molar-refractivity contribution in [1.29, 1.82) is 0 Å². The number of rotatable bonds is 11. The SMILES string of the molecule is NCCCCCCCCCCCC(N)=O. The molecule has 0 aliphatic heterocycles. The van der Waals surface area contributed by atoms with Gasteiger partial charge in [0.1, 0.15) is 0 Å². The second kappa shape index (κ2) is 11.5. The first-order valence-corrected chi connectivity index (χ1v) is 6.25. The van der Waals surface area contributed by atoms with Gasteiger partial charge in [-0.2, -0.15) is 0 Å². The summed E-state index contributed by atoms with van der Waals surface area (Å²) in [6, 6.07) is 0. The first-order valence-electron chi connectivity index (χ1n) is 6.25. The summed E-state index contributed by atoms with van der Waals surface area (Å²) in [5.41, 5.74) is 10.5. The Morgan fingerprint density at radius 3 is 1.53 bits per heavy atom. The van der Waals surface area contributed by atoms with Crippen molar-refractivity contribution in [2.24, 2.45) is 11.5 Å². The van der Waals surface area contributed by atoms with Crippen LogP contribution in [0.5, 0.6) is 0 Å². The maximum atomic E-state index is 10.4. The summed E-state index contributed by atoms with van der Waals surface area (Å²) < 4.78 is 0. The smallest absolute Gasteiger partial charge is 0.217 e. The fourth-order valence-corrected chi connectivity index (χ4v) is 1.68. The van der Waals surface area contributed by atoms with Crippen LogP contribution in [0.1, 0.15) is 64.2 Å². The Kier molecular flexibility index (Phi) is 11.1. The lowest BCUT2D eigenvalue weighted by Gasteiger charge is -2.01. The Morgan fingerprint density at radius 1 is 0.733 bits per heavy atom. The standard InChI is InChI=1S/C12H26N2O/c13-11-9-7-5-3-1-2-4-6-8-10-12(14)15/h1-11,13H2,(H2,14,15). The van der Waals surface area contributed by atoms with Gasteiger partial charge in [-0.15, -0.1) is 0 Å². The average Bonchev–Trinajstić information content (AvgIpc) is 2.20. The zero-order valence-corrected chi connectivity index (χ0v) is 9.84. The highest BCUT2D eigenvalue weighted by Crippen LogP contribution is 2.10. The minimum atomic E-state index is -0.170. The molecule has 0 spiro atoms. The molecule has 0 atom stereocenters. The van der Waals surface area contributed by atoms with Crippen LogP contribution in [0.15, 0.2) is 0 Å². The predicted octanol–water partition coefficient (Wildman–Crippen LogP) is 2.33. The van der Waals surface area contributed by atoms with Gasteiger partial charge in [0.2, 0.25) is 5.91 Å². The van der Waals surface area contributed by atoms with Crippen LogP contribution in [0.3, 0.4) is 0 Å². The van der Waals surface area contributed by atoms with Gasteiger partial charge in [0.25, 0.3) is 0 Å². The third-order valence-corrected chi connectivity index (χ3v) is 2.63. The van der Waals surface area contributed by atoms with Gasteiger partial charge in [-0.1, -0.05) is 44.9 Å². The molecule has 0 bridgehead atoms. The molecule has 4 N–H and O–H groups in total. The van der Waals surface area contributed by atoms with E-state index >= 15 is 0 Å². The van der Waals surface area contributed by atoms with Crippen LogP contribution in [0.4, 0.5) is 0 Å². The minimum Gasteiger partial charge on any atom is -0.370 e. The fraction of sp³-hybridized carbons (Fsp3) is 0.917. The zero-order valence-electron chi connectivity index (χ0n) is 9.84. The lowest BCUT2D eigenvalue weighted by molar-refractivity contribution is -0.118. The molecule has 15 heavy (non-hydrogen) atoms. The molecule has 0 aromatic carbocycles. The second-order valence-corrected chi connectivity index (χ2v) is 4.19. The molecule has 3 nitrogen and oxygen atoms in total. The lowest BCUT2D eigenvalue weighted by atomic mass is 10.1. The van der Waals surface area contributed by atoms with Crippen molar-refractivity contribution in [2.75, 3.05) is 6.54 Å². The Labute approximate surface area is 93.6 Å². The summed E-state index contributed by atoms with van der Waals surface area (Å²) in [5, 5.41) is 0. The maximum Gasteiger partial charge on any atom is 0.217 e. The van der Waals surface area contributed by atoms with Gasteiger partial charge in [0.05, 0.1) is 0 Å². The molecule has 0 aliphatic carbocycles. The molecule has 90 valence electrons. The van der Waals surface area contributed by atoms with E-state index in [2.05, 4.69) is 0 Å².